The maximum absolute atomic E-state index is 10.7. The van der Waals surface area contributed by atoms with Gasteiger partial charge in [-0.25, -0.2) is 0 Å². The molecule has 27 heavy (non-hydrogen) atoms. The van der Waals surface area contributed by atoms with Crippen molar-refractivity contribution in [1.82, 2.24) is 15.1 Å². The fourth-order valence-corrected chi connectivity index (χ4v) is 4.20. The van der Waals surface area contributed by atoms with Crippen molar-refractivity contribution in [2.75, 3.05) is 20.1 Å². The van der Waals surface area contributed by atoms with Crippen LogP contribution in [-0.4, -0.2) is 40.3 Å². The Balaban J connectivity index is 1.62. The molecular weight excluding hydrogens is 342 g/mol. The standard InChI is InChI=1S/C21H21N3O3/c1-12-18(15-5-6-17-14(20(15)25)7-9-26-17)22-23-19-16(11-27-21(12)19)13-4-3-8-24(2)10-13/h5-7,9,11,13,25H,3-4,8,10H2,1-2H3. The number of phenolic OH excluding ortho intramolecular Hbond substituents is 1. The second-order valence-electron chi connectivity index (χ2n) is 7.44. The highest BCUT2D eigenvalue weighted by Gasteiger charge is 2.25. The average molecular weight is 363 g/mol. The Morgan fingerprint density at radius 1 is 1.19 bits per heavy atom. The van der Waals surface area contributed by atoms with Gasteiger partial charge in [0.15, 0.2) is 5.58 Å². The molecule has 0 saturated carbocycles. The zero-order valence-corrected chi connectivity index (χ0v) is 15.4. The van der Waals surface area contributed by atoms with Crippen molar-refractivity contribution in [3.63, 3.8) is 0 Å². The second kappa shape index (κ2) is 6.09. The summed E-state index contributed by atoms with van der Waals surface area (Å²) in [5.74, 6) is 0.568. The van der Waals surface area contributed by atoms with Gasteiger partial charge in [-0.15, -0.1) is 10.2 Å². The molecule has 1 unspecified atom stereocenters. The highest BCUT2D eigenvalue weighted by molar-refractivity contribution is 5.93. The largest absolute Gasteiger partial charge is 0.506 e. The van der Waals surface area contributed by atoms with E-state index in [1.54, 1.807) is 12.3 Å². The van der Waals surface area contributed by atoms with Gasteiger partial charge in [-0.2, -0.15) is 0 Å². The van der Waals surface area contributed by atoms with E-state index in [4.69, 9.17) is 8.83 Å². The zero-order chi connectivity index (χ0) is 18.5. The van der Waals surface area contributed by atoms with Gasteiger partial charge in [0, 0.05) is 29.2 Å². The van der Waals surface area contributed by atoms with E-state index < -0.39 is 0 Å². The zero-order valence-electron chi connectivity index (χ0n) is 15.4. The molecule has 1 aliphatic heterocycles. The third-order valence-electron chi connectivity index (χ3n) is 5.66. The first kappa shape index (κ1) is 16.3. The summed E-state index contributed by atoms with van der Waals surface area (Å²) in [5, 5.41) is 20.3. The van der Waals surface area contributed by atoms with Crippen LogP contribution in [0.1, 0.15) is 29.9 Å². The minimum Gasteiger partial charge on any atom is -0.506 e. The maximum atomic E-state index is 10.7. The molecule has 6 nitrogen and oxygen atoms in total. The van der Waals surface area contributed by atoms with E-state index in [2.05, 4.69) is 22.1 Å². The molecule has 5 rings (SSSR count). The van der Waals surface area contributed by atoms with Crippen molar-refractivity contribution in [2.45, 2.75) is 25.7 Å². The van der Waals surface area contributed by atoms with Crippen LogP contribution in [-0.2, 0) is 0 Å². The number of benzene rings is 1. The number of furan rings is 2. The summed E-state index contributed by atoms with van der Waals surface area (Å²) in [6.07, 6.45) is 5.71. The molecule has 4 aromatic rings. The molecule has 0 spiro atoms. The molecule has 0 bridgehead atoms. The van der Waals surface area contributed by atoms with Crippen molar-refractivity contribution in [1.29, 1.82) is 0 Å². The Hall–Kier alpha value is -2.86. The van der Waals surface area contributed by atoms with Crippen LogP contribution in [0.3, 0.4) is 0 Å². The number of nitrogens with zero attached hydrogens (tertiary/aromatic N) is 3. The van der Waals surface area contributed by atoms with Gasteiger partial charge in [0.1, 0.15) is 22.5 Å². The molecule has 138 valence electrons. The van der Waals surface area contributed by atoms with Crippen LogP contribution in [0.2, 0.25) is 0 Å². The molecule has 1 atom stereocenters. The third kappa shape index (κ3) is 2.51. The molecule has 0 aliphatic carbocycles. The summed E-state index contributed by atoms with van der Waals surface area (Å²) < 4.78 is 11.3. The lowest BCUT2D eigenvalue weighted by Crippen LogP contribution is -2.30. The molecule has 0 radical (unpaired) electrons. The first-order valence-corrected chi connectivity index (χ1v) is 9.26. The van der Waals surface area contributed by atoms with Crippen LogP contribution in [0.5, 0.6) is 5.75 Å². The molecule has 0 amide bonds. The predicted octanol–water partition coefficient (Wildman–Crippen LogP) is 4.46. The fourth-order valence-electron chi connectivity index (χ4n) is 4.20. The van der Waals surface area contributed by atoms with Crippen molar-refractivity contribution < 1.29 is 13.9 Å². The highest BCUT2D eigenvalue weighted by atomic mass is 16.3. The average Bonchev–Trinajstić information content (AvgIpc) is 3.30. The summed E-state index contributed by atoms with van der Waals surface area (Å²) in [6.45, 7) is 4.11. The predicted molar refractivity (Wildman–Crippen MR) is 103 cm³/mol. The second-order valence-corrected chi connectivity index (χ2v) is 7.44. The normalized spacial score (nSPS) is 18.5. The van der Waals surface area contributed by atoms with Gasteiger partial charge in [-0.1, -0.05) is 0 Å². The Bertz CT molecular complexity index is 1140. The number of aromatic nitrogens is 2. The molecule has 3 aromatic heterocycles. The van der Waals surface area contributed by atoms with Crippen LogP contribution in [0.15, 0.2) is 39.6 Å². The number of aryl methyl sites for hydroxylation is 1. The van der Waals surface area contributed by atoms with E-state index >= 15 is 0 Å². The quantitative estimate of drug-likeness (QED) is 0.567. The van der Waals surface area contributed by atoms with Gasteiger partial charge in [0.2, 0.25) is 0 Å². The first-order chi connectivity index (χ1) is 13.1. The maximum Gasteiger partial charge on any atom is 0.159 e. The minimum atomic E-state index is 0.152. The number of hydrogen-bond donors (Lipinski definition) is 1. The van der Waals surface area contributed by atoms with Crippen molar-refractivity contribution in [2.24, 2.45) is 0 Å². The van der Waals surface area contributed by atoms with E-state index in [9.17, 15) is 5.11 Å². The summed E-state index contributed by atoms with van der Waals surface area (Å²) in [4.78, 5) is 2.35. The van der Waals surface area contributed by atoms with E-state index in [0.29, 0.717) is 28.1 Å². The van der Waals surface area contributed by atoms with E-state index in [-0.39, 0.29) is 5.75 Å². The monoisotopic (exact) mass is 363 g/mol. The number of fused-ring (bicyclic) bond motifs is 2. The number of piperidine rings is 1. The SMILES string of the molecule is Cc1c(-c2ccc3occc3c2O)nnc2c(C3CCCN(C)C3)coc12. The minimum absolute atomic E-state index is 0.152. The van der Waals surface area contributed by atoms with Crippen molar-refractivity contribution in [3.05, 3.63) is 41.9 Å². The smallest absolute Gasteiger partial charge is 0.159 e. The van der Waals surface area contributed by atoms with Gasteiger partial charge < -0.3 is 18.8 Å². The van der Waals surface area contributed by atoms with E-state index in [1.807, 2.05) is 25.3 Å². The molecule has 6 heteroatoms. The van der Waals surface area contributed by atoms with Crippen LogP contribution in [0.4, 0.5) is 0 Å². The fraction of sp³-hybridized carbons (Fsp3) is 0.333. The number of hydrogen-bond acceptors (Lipinski definition) is 6. The number of rotatable bonds is 2. The molecule has 1 aromatic carbocycles. The van der Waals surface area contributed by atoms with Crippen molar-refractivity contribution >= 4 is 22.1 Å². The van der Waals surface area contributed by atoms with E-state index in [0.717, 1.165) is 41.7 Å². The van der Waals surface area contributed by atoms with Crippen LogP contribution >= 0.6 is 0 Å². The Labute approximate surface area is 156 Å². The highest BCUT2D eigenvalue weighted by Crippen LogP contribution is 2.39. The molecule has 1 aliphatic rings. The van der Waals surface area contributed by atoms with E-state index in [1.165, 1.54) is 6.42 Å². The number of likely N-dealkylation sites (N-methyl/N-ethyl adjacent to an activating group) is 1. The molecule has 1 fully saturated rings. The summed E-state index contributed by atoms with van der Waals surface area (Å²) >= 11 is 0. The van der Waals surface area contributed by atoms with Crippen molar-refractivity contribution in [3.8, 4) is 17.0 Å². The van der Waals surface area contributed by atoms with Gasteiger partial charge in [0.05, 0.1) is 17.9 Å². The van der Waals surface area contributed by atoms with Gasteiger partial charge in [0.25, 0.3) is 0 Å². The summed E-state index contributed by atoms with van der Waals surface area (Å²) in [6, 6.07) is 5.39. The summed E-state index contributed by atoms with van der Waals surface area (Å²) in [5.41, 5.74) is 5.50. The third-order valence-corrected chi connectivity index (χ3v) is 5.66. The van der Waals surface area contributed by atoms with Gasteiger partial charge >= 0.3 is 0 Å². The number of aromatic hydroxyl groups is 1. The number of phenols is 1. The Morgan fingerprint density at radius 2 is 2.07 bits per heavy atom. The molecule has 4 heterocycles. The van der Waals surface area contributed by atoms with Crippen LogP contribution < -0.4 is 0 Å². The van der Waals surface area contributed by atoms with Crippen LogP contribution in [0.25, 0.3) is 33.3 Å². The lowest BCUT2D eigenvalue weighted by Gasteiger charge is -2.28. The van der Waals surface area contributed by atoms with Gasteiger partial charge in [-0.3, -0.25) is 0 Å². The lowest BCUT2D eigenvalue weighted by atomic mass is 9.91. The lowest BCUT2D eigenvalue weighted by molar-refractivity contribution is 0.250. The summed E-state index contributed by atoms with van der Waals surface area (Å²) in [7, 11) is 2.15. The first-order valence-electron chi connectivity index (χ1n) is 9.26. The molecule has 1 N–H and O–H groups in total. The van der Waals surface area contributed by atoms with Crippen LogP contribution in [0, 0.1) is 6.92 Å². The topological polar surface area (TPSA) is 75.5 Å². The number of likely N-dealkylation sites (tertiary alicyclic amines) is 1. The molecule has 1 saturated heterocycles. The Kier molecular flexibility index (Phi) is 3.68. The Morgan fingerprint density at radius 3 is 2.93 bits per heavy atom. The molecular formula is C21H21N3O3. The van der Waals surface area contributed by atoms with Gasteiger partial charge in [-0.05, 0) is 51.6 Å².